The second-order valence-corrected chi connectivity index (χ2v) is 4.30. The molecule has 0 bridgehead atoms. The molecule has 2 rings (SSSR count). The van der Waals surface area contributed by atoms with Crippen LogP contribution in [0.5, 0.6) is 0 Å². The number of nitrogens with zero attached hydrogens (tertiary/aromatic N) is 2. The fourth-order valence-corrected chi connectivity index (χ4v) is 1.93. The van der Waals surface area contributed by atoms with Gasteiger partial charge in [-0.1, -0.05) is 13.3 Å². The fraction of sp³-hybridized carbons (Fsp3) is 0.727. The molecular weight excluding hydrogens is 190 g/mol. The second kappa shape index (κ2) is 4.77. The molecule has 1 saturated carbocycles. The Morgan fingerprint density at radius 1 is 1.67 bits per heavy atom. The van der Waals surface area contributed by atoms with Gasteiger partial charge in [-0.15, -0.1) is 0 Å². The molecule has 4 heteroatoms. The highest BCUT2D eigenvalue weighted by Gasteiger charge is 2.34. The van der Waals surface area contributed by atoms with Gasteiger partial charge in [0.1, 0.15) is 0 Å². The summed E-state index contributed by atoms with van der Waals surface area (Å²) in [7, 11) is 0. The van der Waals surface area contributed by atoms with E-state index in [2.05, 4.69) is 17.3 Å². The molecule has 0 aliphatic heterocycles. The van der Waals surface area contributed by atoms with Crippen molar-refractivity contribution >= 4 is 0 Å². The van der Waals surface area contributed by atoms with Crippen LogP contribution < -0.4 is 5.32 Å². The van der Waals surface area contributed by atoms with Crippen LogP contribution >= 0.6 is 0 Å². The Bertz CT molecular complexity index is 286. The van der Waals surface area contributed by atoms with Crippen molar-refractivity contribution < 1.29 is 5.11 Å². The molecule has 1 aliphatic rings. The molecule has 0 aromatic carbocycles. The van der Waals surface area contributed by atoms with Crippen LogP contribution in [0, 0.1) is 5.92 Å². The average Bonchev–Trinajstić information content (AvgIpc) is 2.82. The summed E-state index contributed by atoms with van der Waals surface area (Å²) in [6, 6.07) is 2.51. The maximum atomic E-state index is 9.73. The zero-order valence-electron chi connectivity index (χ0n) is 9.13. The van der Waals surface area contributed by atoms with Gasteiger partial charge in [0, 0.05) is 25.0 Å². The van der Waals surface area contributed by atoms with Gasteiger partial charge in [-0.05, 0) is 18.4 Å². The minimum Gasteiger partial charge on any atom is -0.390 e. The van der Waals surface area contributed by atoms with Gasteiger partial charge in [-0.3, -0.25) is 4.68 Å². The third-order valence-electron chi connectivity index (χ3n) is 3.02. The maximum Gasteiger partial charge on any atom is 0.0860 e. The minimum absolute atomic E-state index is 0.344. The van der Waals surface area contributed by atoms with Gasteiger partial charge >= 0.3 is 0 Å². The molecule has 84 valence electrons. The summed E-state index contributed by atoms with van der Waals surface area (Å²) in [5, 5.41) is 17.2. The van der Waals surface area contributed by atoms with E-state index in [9.17, 15) is 5.11 Å². The molecule has 0 amide bonds. The summed E-state index contributed by atoms with van der Waals surface area (Å²) >= 11 is 0. The number of aliphatic hydroxyl groups is 1. The quantitative estimate of drug-likeness (QED) is 0.722. The number of hydrogen-bond donors (Lipinski definition) is 2. The van der Waals surface area contributed by atoms with Crippen molar-refractivity contribution in [2.45, 2.75) is 38.5 Å². The average molecular weight is 209 g/mol. The van der Waals surface area contributed by atoms with Gasteiger partial charge in [0.2, 0.25) is 0 Å². The van der Waals surface area contributed by atoms with E-state index >= 15 is 0 Å². The highest BCUT2D eigenvalue weighted by Crippen LogP contribution is 2.32. The molecule has 1 fully saturated rings. The van der Waals surface area contributed by atoms with Crippen LogP contribution in [0.15, 0.2) is 18.5 Å². The molecule has 0 spiro atoms. The zero-order chi connectivity index (χ0) is 10.7. The normalized spacial score (nSPS) is 26.5. The zero-order valence-corrected chi connectivity index (χ0v) is 9.13. The first kappa shape index (κ1) is 10.6. The van der Waals surface area contributed by atoms with Crippen LogP contribution in [0.3, 0.4) is 0 Å². The van der Waals surface area contributed by atoms with E-state index in [0.29, 0.717) is 19.1 Å². The lowest BCUT2D eigenvalue weighted by Crippen LogP contribution is -2.32. The van der Waals surface area contributed by atoms with Crippen LogP contribution in [0.2, 0.25) is 0 Å². The summed E-state index contributed by atoms with van der Waals surface area (Å²) in [6.45, 7) is 3.46. The number of nitrogens with one attached hydrogen (secondary N) is 1. The topological polar surface area (TPSA) is 50.1 Å². The first-order valence-corrected chi connectivity index (χ1v) is 5.68. The Balaban J connectivity index is 1.63. The van der Waals surface area contributed by atoms with Gasteiger partial charge in [0.05, 0.1) is 12.6 Å². The van der Waals surface area contributed by atoms with Gasteiger partial charge < -0.3 is 10.4 Å². The van der Waals surface area contributed by atoms with Crippen LogP contribution in [0.1, 0.15) is 19.8 Å². The first-order valence-electron chi connectivity index (χ1n) is 5.68. The second-order valence-electron chi connectivity index (χ2n) is 4.30. The molecule has 0 radical (unpaired) electrons. The van der Waals surface area contributed by atoms with E-state index in [1.165, 1.54) is 12.8 Å². The summed E-state index contributed by atoms with van der Waals surface area (Å²) in [6.07, 6.45) is 5.77. The summed E-state index contributed by atoms with van der Waals surface area (Å²) in [5.74, 6) is 0.835. The Kier molecular flexibility index (Phi) is 3.38. The minimum atomic E-state index is -0.344. The first-order chi connectivity index (χ1) is 7.29. The van der Waals surface area contributed by atoms with Gasteiger partial charge in [-0.25, -0.2) is 0 Å². The number of rotatable bonds is 6. The Labute approximate surface area is 90.3 Å². The molecule has 0 saturated heterocycles. The van der Waals surface area contributed by atoms with Crippen molar-refractivity contribution in [3.8, 4) is 0 Å². The molecule has 1 aromatic rings. The summed E-state index contributed by atoms with van der Waals surface area (Å²) in [4.78, 5) is 0. The maximum absolute atomic E-state index is 9.73. The third kappa shape index (κ3) is 3.04. The highest BCUT2D eigenvalue weighted by molar-refractivity contribution is 4.92. The monoisotopic (exact) mass is 209 g/mol. The lowest BCUT2D eigenvalue weighted by Gasteiger charge is -2.11. The van der Waals surface area contributed by atoms with Crippen molar-refractivity contribution in [2.75, 3.05) is 6.54 Å². The van der Waals surface area contributed by atoms with Crippen molar-refractivity contribution in [1.29, 1.82) is 0 Å². The number of aromatic nitrogens is 2. The molecule has 4 nitrogen and oxygen atoms in total. The van der Waals surface area contributed by atoms with Crippen molar-refractivity contribution in [3.63, 3.8) is 0 Å². The number of hydrogen-bond acceptors (Lipinski definition) is 3. The van der Waals surface area contributed by atoms with E-state index in [1.54, 1.807) is 10.9 Å². The Hall–Kier alpha value is -0.870. The van der Waals surface area contributed by atoms with Crippen LogP contribution in [-0.4, -0.2) is 33.6 Å². The van der Waals surface area contributed by atoms with Gasteiger partial charge in [-0.2, -0.15) is 5.10 Å². The third-order valence-corrected chi connectivity index (χ3v) is 3.02. The summed E-state index contributed by atoms with van der Waals surface area (Å²) in [5.41, 5.74) is 0. The molecule has 15 heavy (non-hydrogen) atoms. The van der Waals surface area contributed by atoms with Gasteiger partial charge in [0.15, 0.2) is 0 Å². The van der Waals surface area contributed by atoms with E-state index < -0.39 is 0 Å². The molecule has 2 N–H and O–H groups in total. The standard InChI is InChI=1S/C11H19N3O/c1-2-9-6-11(9)12-7-10(15)8-14-5-3-4-13-14/h3-5,9-12,15H,2,6-8H2,1H3. The van der Waals surface area contributed by atoms with E-state index in [1.807, 2.05) is 12.3 Å². The van der Waals surface area contributed by atoms with E-state index in [4.69, 9.17) is 0 Å². The lowest BCUT2D eigenvalue weighted by atomic mass is 10.3. The Morgan fingerprint density at radius 2 is 2.53 bits per heavy atom. The lowest BCUT2D eigenvalue weighted by molar-refractivity contribution is 0.146. The van der Waals surface area contributed by atoms with Crippen molar-refractivity contribution in [1.82, 2.24) is 15.1 Å². The van der Waals surface area contributed by atoms with Crippen LogP contribution in [-0.2, 0) is 6.54 Å². The van der Waals surface area contributed by atoms with Crippen molar-refractivity contribution in [2.24, 2.45) is 5.92 Å². The Morgan fingerprint density at radius 3 is 3.13 bits per heavy atom. The molecule has 3 atom stereocenters. The molecule has 3 unspecified atom stereocenters. The SMILES string of the molecule is CCC1CC1NCC(O)Cn1cccn1. The van der Waals surface area contributed by atoms with Crippen molar-refractivity contribution in [3.05, 3.63) is 18.5 Å². The number of aliphatic hydroxyl groups excluding tert-OH is 1. The van der Waals surface area contributed by atoms with Gasteiger partial charge in [0.25, 0.3) is 0 Å². The summed E-state index contributed by atoms with van der Waals surface area (Å²) < 4.78 is 1.76. The molecule has 1 heterocycles. The predicted molar refractivity (Wildman–Crippen MR) is 58.4 cm³/mol. The molecule has 1 aliphatic carbocycles. The van der Waals surface area contributed by atoms with Crippen LogP contribution in [0.25, 0.3) is 0 Å². The largest absolute Gasteiger partial charge is 0.390 e. The van der Waals surface area contributed by atoms with E-state index in [0.717, 1.165) is 5.92 Å². The van der Waals surface area contributed by atoms with E-state index in [-0.39, 0.29) is 6.10 Å². The smallest absolute Gasteiger partial charge is 0.0860 e. The predicted octanol–water partition coefficient (Wildman–Crippen LogP) is 0.632. The molecule has 1 aromatic heterocycles. The highest BCUT2D eigenvalue weighted by atomic mass is 16.3. The molecular formula is C11H19N3O. The van der Waals surface area contributed by atoms with Crippen LogP contribution in [0.4, 0.5) is 0 Å². The fourth-order valence-electron chi connectivity index (χ4n) is 1.93.